The molecule has 0 amide bonds. The van der Waals surface area contributed by atoms with Crippen molar-refractivity contribution in [3.8, 4) is 43.8 Å². The maximum atomic E-state index is 8.57. The van der Waals surface area contributed by atoms with Crippen molar-refractivity contribution in [2.45, 2.75) is 0 Å². The molecule has 8 heteroatoms. The van der Waals surface area contributed by atoms with Crippen LogP contribution in [0.3, 0.4) is 0 Å². The number of nitrogens with zero attached hydrogens (tertiary/aromatic N) is 4. The van der Waals surface area contributed by atoms with E-state index < -0.39 is 0 Å². The Kier molecular flexibility index (Phi) is 7.34. The second kappa shape index (κ2) is 11.5. The van der Waals surface area contributed by atoms with Gasteiger partial charge in [-0.2, -0.15) is 0 Å². The number of thioether (sulfide) groups is 1. The maximum Gasteiger partial charge on any atom is 0.166 e. The molecule has 3 aromatic heterocycles. The fraction of sp³-hybridized carbons (Fsp3) is 0. The van der Waals surface area contributed by atoms with E-state index in [1.54, 1.807) is 6.07 Å². The second-order valence-electron chi connectivity index (χ2n) is 8.80. The number of hydrogen-bond donors (Lipinski definition) is 2. The van der Waals surface area contributed by atoms with Crippen LogP contribution in [0.4, 0.5) is 0 Å². The molecule has 2 N–H and O–H groups in total. The number of hydrogen-bond acceptors (Lipinski definition) is 8. The lowest BCUT2D eigenvalue weighted by Gasteiger charge is -2.08. The number of nitrogens with one attached hydrogen (secondary N) is 2. The average Bonchev–Trinajstić information content (AvgIpc) is 3.53. The fourth-order valence-electron chi connectivity index (χ4n) is 4.08. The van der Waals surface area contributed by atoms with Gasteiger partial charge in [0.1, 0.15) is 20.8 Å². The van der Waals surface area contributed by atoms with E-state index >= 15 is 0 Å². The van der Waals surface area contributed by atoms with Crippen molar-refractivity contribution in [1.29, 1.82) is 10.8 Å². The Hall–Kier alpha value is -4.79. The third-order valence-corrected chi connectivity index (χ3v) is 7.96. The Morgan fingerprint density at radius 3 is 1.75 bits per heavy atom. The van der Waals surface area contributed by atoms with Gasteiger partial charge in [0, 0.05) is 22.3 Å². The zero-order chi connectivity index (χ0) is 27.3. The highest BCUT2D eigenvalue weighted by Gasteiger charge is 2.14. The summed E-state index contributed by atoms with van der Waals surface area (Å²) < 4.78 is 0. The van der Waals surface area contributed by atoms with Gasteiger partial charge < -0.3 is 0 Å². The van der Waals surface area contributed by atoms with Crippen LogP contribution < -0.4 is 0 Å². The smallest absolute Gasteiger partial charge is 0.166 e. The van der Waals surface area contributed by atoms with Crippen LogP contribution in [0.15, 0.2) is 121 Å². The summed E-state index contributed by atoms with van der Waals surface area (Å²) in [5.74, 6) is 0. The molecule has 6 aromatic rings. The predicted octanol–water partition coefficient (Wildman–Crippen LogP) is 8.08. The van der Waals surface area contributed by atoms with E-state index in [0.717, 1.165) is 61.1 Å². The van der Waals surface area contributed by atoms with Gasteiger partial charge in [-0.15, -0.1) is 10.2 Å². The zero-order valence-electron chi connectivity index (χ0n) is 21.2. The standard InChI is InChI=1S/C32H22N6S2/c33-29(39-30(34)27-15-7-13-25(35-27)21-9-3-1-4-10-21)23-17-19-24(20-18-23)31-37-38-32(40-31)28-16-8-14-26(36-28)22-11-5-2-6-12-22/h1-20,33-34H. The van der Waals surface area contributed by atoms with Crippen LogP contribution in [0.1, 0.15) is 11.3 Å². The van der Waals surface area contributed by atoms with Gasteiger partial charge in [0.2, 0.25) is 0 Å². The molecule has 40 heavy (non-hydrogen) atoms. The summed E-state index contributed by atoms with van der Waals surface area (Å²) in [6.45, 7) is 0. The highest BCUT2D eigenvalue weighted by Crippen LogP contribution is 2.31. The van der Waals surface area contributed by atoms with Crippen LogP contribution >= 0.6 is 23.1 Å². The lowest BCUT2D eigenvalue weighted by atomic mass is 10.1. The minimum Gasteiger partial charge on any atom is -0.293 e. The molecule has 3 heterocycles. The first kappa shape index (κ1) is 25.5. The van der Waals surface area contributed by atoms with Gasteiger partial charge in [-0.25, -0.2) is 9.97 Å². The molecule has 6 nitrogen and oxygen atoms in total. The molecule has 0 aliphatic heterocycles. The minimum atomic E-state index is 0.228. The van der Waals surface area contributed by atoms with Crippen molar-refractivity contribution in [2.24, 2.45) is 0 Å². The molecule has 6 rings (SSSR count). The first-order valence-corrected chi connectivity index (χ1v) is 14.1. The molecular weight excluding hydrogens is 533 g/mol. The van der Waals surface area contributed by atoms with E-state index in [1.165, 1.54) is 11.3 Å². The van der Waals surface area contributed by atoms with Gasteiger partial charge in [-0.05, 0) is 36.0 Å². The second-order valence-corrected chi connectivity index (χ2v) is 10.8. The molecule has 192 valence electrons. The third-order valence-electron chi connectivity index (χ3n) is 6.11. The fourth-order valence-corrected chi connectivity index (χ4v) is 5.57. The van der Waals surface area contributed by atoms with Crippen molar-refractivity contribution in [3.63, 3.8) is 0 Å². The molecule has 0 saturated heterocycles. The summed E-state index contributed by atoms with van der Waals surface area (Å²) in [4.78, 5) is 9.42. The zero-order valence-corrected chi connectivity index (χ0v) is 22.8. The van der Waals surface area contributed by atoms with Crippen molar-refractivity contribution in [1.82, 2.24) is 20.2 Å². The Labute approximate surface area is 239 Å². The summed E-state index contributed by atoms with van der Waals surface area (Å²) in [6, 6.07) is 39.1. The van der Waals surface area contributed by atoms with Crippen LogP contribution in [-0.2, 0) is 0 Å². The van der Waals surface area contributed by atoms with E-state index in [-0.39, 0.29) is 10.1 Å². The summed E-state index contributed by atoms with van der Waals surface area (Å²) >= 11 is 2.56. The average molecular weight is 555 g/mol. The molecule has 0 aliphatic rings. The van der Waals surface area contributed by atoms with Crippen molar-refractivity contribution < 1.29 is 0 Å². The third kappa shape index (κ3) is 5.63. The molecular formula is C32H22N6S2. The molecule has 0 atom stereocenters. The minimum absolute atomic E-state index is 0.228. The quantitative estimate of drug-likeness (QED) is 0.160. The first-order chi connectivity index (χ1) is 19.6. The van der Waals surface area contributed by atoms with E-state index in [2.05, 4.69) is 15.2 Å². The monoisotopic (exact) mass is 554 g/mol. The normalized spacial score (nSPS) is 10.8. The van der Waals surface area contributed by atoms with Gasteiger partial charge in [-0.1, -0.05) is 108 Å². The van der Waals surface area contributed by atoms with E-state index in [4.69, 9.17) is 15.8 Å². The van der Waals surface area contributed by atoms with Crippen LogP contribution in [-0.4, -0.2) is 30.3 Å². The molecule has 0 bridgehead atoms. The van der Waals surface area contributed by atoms with Gasteiger partial charge in [0.05, 0.1) is 17.1 Å². The molecule has 0 unspecified atom stereocenters. The number of aromatic nitrogens is 4. The Morgan fingerprint density at radius 1 is 0.500 bits per heavy atom. The largest absolute Gasteiger partial charge is 0.293 e. The van der Waals surface area contributed by atoms with Crippen molar-refractivity contribution in [2.75, 3.05) is 0 Å². The van der Waals surface area contributed by atoms with E-state index in [1.807, 2.05) is 115 Å². The molecule has 0 radical (unpaired) electrons. The first-order valence-electron chi connectivity index (χ1n) is 12.5. The molecule has 0 saturated carbocycles. The number of benzene rings is 3. The van der Waals surface area contributed by atoms with Crippen molar-refractivity contribution in [3.05, 3.63) is 133 Å². The molecule has 0 fully saturated rings. The van der Waals surface area contributed by atoms with Crippen LogP contribution in [0, 0.1) is 10.8 Å². The summed E-state index contributed by atoms with van der Waals surface area (Å²) in [7, 11) is 0. The Balaban J connectivity index is 1.15. The van der Waals surface area contributed by atoms with Crippen LogP contribution in [0.5, 0.6) is 0 Å². The molecule has 0 aliphatic carbocycles. The van der Waals surface area contributed by atoms with Crippen LogP contribution in [0.25, 0.3) is 43.8 Å². The Bertz CT molecular complexity index is 1800. The van der Waals surface area contributed by atoms with Gasteiger partial charge in [0.15, 0.2) is 5.01 Å². The highest BCUT2D eigenvalue weighted by molar-refractivity contribution is 8.27. The highest BCUT2D eigenvalue weighted by atomic mass is 32.2. The lowest BCUT2D eigenvalue weighted by molar-refractivity contribution is 1.09. The summed E-state index contributed by atoms with van der Waals surface area (Å²) in [5, 5.41) is 27.9. The Morgan fingerprint density at radius 2 is 1.07 bits per heavy atom. The van der Waals surface area contributed by atoms with Crippen LogP contribution in [0.2, 0.25) is 0 Å². The lowest BCUT2D eigenvalue weighted by Crippen LogP contribution is -2.04. The summed E-state index contributed by atoms with van der Waals surface area (Å²) in [5.41, 5.74) is 6.70. The van der Waals surface area contributed by atoms with Gasteiger partial charge in [-0.3, -0.25) is 10.8 Å². The van der Waals surface area contributed by atoms with Crippen molar-refractivity contribution >= 4 is 33.2 Å². The SMILES string of the molecule is N=C(SC(=N)c1cccc(-c2ccccc2)n1)c1ccc(-c2nnc(-c3cccc(-c4ccccc4)n3)s2)cc1. The predicted molar refractivity (Wildman–Crippen MR) is 165 cm³/mol. The van der Waals surface area contributed by atoms with E-state index in [9.17, 15) is 0 Å². The molecule has 0 spiro atoms. The van der Waals surface area contributed by atoms with Gasteiger partial charge in [0.25, 0.3) is 0 Å². The topological polar surface area (TPSA) is 99.3 Å². The summed E-state index contributed by atoms with van der Waals surface area (Å²) in [6.07, 6.45) is 0. The van der Waals surface area contributed by atoms with Gasteiger partial charge >= 0.3 is 0 Å². The van der Waals surface area contributed by atoms with E-state index in [0.29, 0.717) is 5.69 Å². The maximum absolute atomic E-state index is 8.57. The number of rotatable bonds is 6. The number of pyridine rings is 2. The molecule has 3 aromatic carbocycles.